The van der Waals surface area contributed by atoms with Crippen LogP contribution in [0.5, 0.6) is 0 Å². The van der Waals surface area contributed by atoms with Gasteiger partial charge in [0.25, 0.3) is 0 Å². The SMILES string of the molecule is COC(=O)Nc1nc2ccc(C(N)=O)cc2[nH]1. The molecule has 2 rings (SSSR count). The number of benzene rings is 1. The third kappa shape index (κ3) is 2.17. The van der Waals surface area contributed by atoms with E-state index in [9.17, 15) is 9.59 Å². The van der Waals surface area contributed by atoms with E-state index in [0.29, 0.717) is 16.6 Å². The number of aromatic amines is 1. The predicted molar refractivity (Wildman–Crippen MR) is 60.6 cm³/mol. The number of nitrogens with zero attached hydrogens (tertiary/aromatic N) is 1. The van der Waals surface area contributed by atoms with Crippen molar-refractivity contribution in [3.63, 3.8) is 0 Å². The Balaban J connectivity index is 2.37. The molecule has 0 unspecified atom stereocenters. The number of nitrogens with one attached hydrogen (secondary N) is 2. The van der Waals surface area contributed by atoms with Gasteiger partial charge in [0.15, 0.2) is 0 Å². The lowest BCUT2D eigenvalue weighted by Crippen LogP contribution is -2.11. The Morgan fingerprint density at radius 3 is 2.88 bits per heavy atom. The molecule has 0 atom stereocenters. The summed E-state index contributed by atoms with van der Waals surface area (Å²) >= 11 is 0. The molecule has 7 nitrogen and oxygen atoms in total. The van der Waals surface area contributed by atoms with E-state index in [4.69, 9.17) is 5.73 Å². The Kier molecular flexibility index (Phi) is 2.65. The van der Waals surface area contributed by atoms with Crippen LogP contribution in [-0.2, 0) is 4.74 Å². The number of imidazole rings is 1. The van der Waals surface area contributed by atoms with Gasteiger partial charge in [-0.15, -0.1) is 0 Å². The number of anilines is 1. The number of amides is 2. The van der Waals surface area contributed by atoms with Crippen LogP contribution in [0.4, 0.5) is 10.7 Å². The molecular weight excluding hydrogens is 224 g/mol. The zero-order chi connectivity index (χ0) is 12.4. The second kappa shape index (κ2) is 4.12. The van der Waals surface area contributed by atoms with Crippen molar-refractivity contribution in [2.24, 2.45) is 5.73 Å². The van der Waals surface area contributed by atoms with Crippen molar-refractivity contribution in [2.45, 2.75) is 0 Å². The molecule has 0 fully saturated rings. The maximum Gasteiger partial charge on any atom is 0.413 e. The first kappa shape index (κ1) is 10.9. The second-order valence-electron chi connectivity index (χ2n) is 3.30. The molecule has 0 bridgehead atoms. The fourth-order valence-corrected chi connectivity index (χ4v) is 1.37. The van der Waals surface area contributed by atoms with Crippen LogP contribution in [0.15, 0.2) is 18.2 Å². The van der Waals surface area contributed by atoms with Crippen LogP contribution in [-0.4, -0.2) is 29.1 Å². The summed E-state index contributed by atoms with van der Waals surface area (Å²) in [6, 6.07) is 4.76. The zero-order valence-electron chi connectivity index (χ0n) is 8.98. The van der Waals surface area contributed by atoms with E-state index in [1.165, 1.54) is 7.11 Å². The van der Waals surface area contributed by atoms with Gasteiger partial charge < -0.3 is 15.5 Å². The van der Waals surface area contributed by atoms with Gasteiger partial charge in [0.1, 0.15) is 0 Å². The molecule has 0 spiro atoms. The number of fused-ring (bicyclic) bond motifs is 1. The molecule has 4 N–H and O–H groups in total. The fraction of sp³-hybridized carbons (Fsp3) is 0.100. The molecule has 0 aliphatic heterocycles. The molecular formula is C10H10N4O3. The minimum absolute atomic E-state index is 0.244. The van der Waals surface area contributed by atoms with Gasteiger partial charge in [0.2, 0.25) is 11.9 Å². The number of H-pyrrole nitrogens is 1. The third-order valence-electron chi connectivity index (χ3n) is 2.17. The molecule has 0 saturated carbocycles. The number of carbonyl (C=O) groups is 2. The number of primary amides is 1. The first-order valence-electron chi connectivity index (χ1n) is 4.74. The third-order valence-corrected chi connectivity index (χ3v) is 2.17. The average molecular weight is 234 g/mol. The molecule has 88 valence electrons. The Bertz CT molecular complexity index is 590. The van der Waals surface area contributed by atoms with Crippen molar-refractivity contribution >= 4 is 29.0 Å². The molecule has 7 heteroatoms. The number of rotatable bonds is 2. The maximum atomic E-state index is 11.0. The topological polar surface area (TPSA) is 110 Å². The summed E-state index contributed by atoms with van der Waals surface area (Å²) in [6.07, 6.45) is -0.626. The quantitative estimate of drug-likeness (QED) is 0.714. The highest BCUT2D eigenvalue weighted by Gasteiger charge is 2.08. The van der Waals surface area contributed by atoms with E-state index in [0.717, 1.165) is 0 Å². The van der Waals surface area contributed by atoms with E-state index in [1.807, 2.05) is 0 Å². The number of hydrogen-bond acceptors (Lipinski definition) is 4. The number of hydrogen-bond donors (Lipinski definition) is 3. The first-order chi connectivity index (χ1) is 8.10. The molecule has 2 amide bonds. The van der Waals surface area contributed by atoms with Crippen LogP contribution < -0.4 is 11.1 Å². The Morgan fingerprint density at radius 1 is 1.47 bits per heavy atom. The van der Waals surface area contributed by atoms with Gasteiger partial charge in [0, 0.05) is 5.56 Å². The number of ether oxygens (including phenoxy) is 1. The van der Waals surface area contributed by atoms with Gasteiger partial charge in [-0.2, -0.15) is 0 Å². The monoisotopic (exact) mass is 234 g/mol. The van der Waals surface area contributed by atoms with Gasteiger partial charge >= 0.3 is 6.09 Å². The van der Waals surface area contributed by atoms with Crippen LogP contribution in [0.3, 0.4) is 0 Å². The first-order valence-corrected chi connectivity index (χ1v) is 4.74. The van der Waals surface area contributed by atoms with Crippen LogP contribution in [0.2, 0.25) is 0 Å². The average Bonchev–Trinajstić information content (AvgIpc) is 2.69. The Hall–Kier alpha value is -2.57. The fourth-order valence-electron chi connectivity index (χ4n) is 1.37. The maximum absolute atomic E-state index is 11.0. The molecule has 0 radical (unpaired) electrons. The molecule has 1 heterocycles. The van der Waals surface area contributed by atoms with Crippen molar-refractivity contribution in [3.05, 3.63) is 23.8 Å². The van der Waals surface area contributed by atoms with Crippen LogP contribution in [0.1, 0.15) is 10.4 Å². The summed E-state index contributed by atoms with van der Waals surface area (Å²) in [7, 11) is 1.25. The van der Waals surface area contributed by atoms with Crippen molar-refractivity contribution < 1.29 is 14.3 Å². The van der Waals surface area contributed by atoms with Crippen LogP contribution in [0, 0.1) is 0 Å². The van der Waals surface area contributed by atoms with Crippen molar-refractivity contribution in [1.82, 2.24) is 9.97 Å². The van der Waals surface area contributed by atoms with Gasteiger partial charge in [-0.1, -0.05) is 0 Å². The summed E-state index contributed by atoms with van der Waals surface area (Å²) in [4.78, 5) is 28.8. The standard InChI is InChI=1S/C10H10N4O3/c1-17-10(16)14-9-12-6-3-2-5(8(11)15)4-7(6)13-9/h2-4H,1H3,(H2,11,15)(H2,12,13,14,16). The second-order valence-corrected chi connectivity index (χ2v) is 3.30. The highest BCUT2D eigenvalue weighted by atomic mass is 16.5. The van der Waals surface area contributed by atoms with E-state index in [2.05, 4.69) is 20.0 Å². The van der Waals surface area contributed by atoms with Crippen molar-refractivity contribution in [2.75, 3.05) is 12.4 Å². The highest BCUT2D eigenvalue weighted by Crippen LogP contribution is 2.16. The number of methoxy groups -OCH3 is 1. The minimum Gasteiger partial charge on any atom is -0.453 e. The molecule has 17 heavy (non-hydrogen) atoms. The van der Waals surface area contributed by atoms with Gasteiger partial charge in [0.05, 0.1) is 18.1 Å². The smallest absolute Gasteiger partial charge is 0.413 e. The van der Waals surface area contributed by atoms with Crippen LogP contribution in [0.25, 0.3) is 11.0 Å². The van der Waals surface area contributed by atoms with E-state index >= 15 is 0 Å². The van der Waals surface area contributed by atoms with E-state index in [1.54, 1.807) is 18.2 Å². The summed E-state index contributed by atoms with van der Waals surface area (Å²) in [5, 5.41) is 2.39. The lowest BCUT2D eigenvalue weighted by molar-refractivity contribution is 0.100. The van der Waals surface area contributed by atoms with E-state index < -0.39 is 12.0 Å². The van der Waals surface area contributed by atoms with Gasteiger partial charge in [-0.3, -0.25) is 10.1 Å². The molecule has 0 aliphatic rings. The number of nitrogens with two attached hydrogens (primary N) is 1. The van der Waals surface area contributed by atoms with Gasteiger partial charge in [-0.25, -0.2) is 9.78 Å². The molecule has 2 aromatic rings. The molecule has 0 aliphatic carbocycles. The van der Waals surface area contributed by atoms with Crippen molar-refractivity contribution in [3.8, 4) is 0 Å². The summed E-state index contributed by atoms with van der Waals surface area (Å²) < 4.78 is 4.43. The molecule has 0 saturated heterocycles. The number of carbonyl (C=O) groups excluding carboxylic acids is 2. The Morgan fingerprint density at radius 2 is 2.24 bits per heavy atom. The largest absolute Gasteiger partial charge is 0.453 e. The minimum atomic E-state index is -0.626. The summed E-state index contributed by atoms with van der Waals surface area (Å²) in [5.41, 5.74) is 6.73. The predicted octanol–water partition coefficient (Wildman–Crippen LogP) is 0.840. The Labute approximate surface area is 96.0 Å². The lowest BCUT2D eigenvalue weighted by atomic mass is 10.2. The summed E-state index contributed by atoms with van der Waals surface area (Å²) in [5.74, 6) is -0.280. The van der Waals surface area contributed by atoms with Crippen LogP contribution >= 0.6 is 0 Å². The van der Waals surface area contributed by atoms with Gasteiger partial charge in [-0.05, 0) is 18.2 Å². The molecule has 1 aromatic carbocycles. The molecule has 1 aromatic heterocycles. The number of aromatic nitrogens is 2. The summed E-state index contributed by atoms with van der Waals surface area (Å²) in [6.45, 7) is 0. The lowest BCUT2D eigenvalue weighted by Gasteiger charge is -1.97. The normalized spacial score (nSPS) is 10.2. The highest BCUT2D eigenvalue weighted by molar-refractivity contribution is 5.96. The van der Waals surface area contributed by atoms with Crippen molar-refractivity contribution in [1.29, 1.82) is 0 Å². The van der Waals surface area contributed by atoms with E-state index in [-0.39, 0.29) is 5.95 Å². The zero-order valence-corrected chi connectivity index (χ0v) is 8.98.